The molecule has 1 saturated carbocycles. The number of carbonyl (C=O) groups is 1. The average Bonchev–Trinajstić information content (AvgIpc) is 3.22. The smallest absolute Gasteiger partial charge is 0.231 e. The first-order valence-corrected chi connectivity index (χ1v) is 11.7. The third kappa shape index (κ3) is 5.14. The summed E-state index contributed by atoms with van der Waals surface area (Å²) in [5.41, 5.74) is 1.34. The predicted octanol–water partition coefficient (Wildman–Crippen LogP) is 5.41. The third-order valence-electron chi connectivity index (χ3n) is 7.41. The molecule has 0 bridgehead atoms. The molecule has 0 N–H and O–H groups in total. The van der Waals surface area contributed by atoms with E-state index >= 15 is 0 Å². The number of piperidine rings is 1. The molecule has 1 saturated heterocycles. The average molecular weight is 400 g/mol. The predicted molar refractivity (Wildman–Crippen MR) is 116 cm³/mol. The molecule has 2 heterocycles. The van der Waals surface area contributed by atoms with E-state index in [-0.39, 0.29) is 5.92 Å². The van der Waals surface area contributed by atoms with Crippen LogP contribution in [-0.2, 0) is 4.79 Å². The normalized spacial score (nSPS) is 25.5. The Balaban J connectivity index is 1.17. The molecule has 0 spiro atoms. The van der Waals surface area contributed by atoms with E-state index in [2.05, 4.69) is 17.0 Å². The maximum absolute atomic E-state index is 12.0. The van der Waals surface area contributed by atoms with E-state index in [1.54, 1.807) is 0 Å². The van der Waals surface area contributed by atoms with Crippen molar-refractivity contribution in [2.75, 3.05) is 26.4 Å². The highest BCUT2D eigenvalue weighted by Gasteiger charge is 2.28. The zero-order valence-electron chi connectivity index (χ0n) is 18.2. The van der Waals surface area contributed by atoms with Crippen LogP contribution in [0.1, 0.15) is 76.7 Å². The molecule has 1 aliphatic carbocycles. The second-order valence-corrected chi connectivity index (χ2v) is 9.70. The Morgan fingerprint density at radius 1 is 1.03 bits per heavy atom. The lowest BCUT2D eigenvalue weighted by atomic mass is 9.77. The molecule has 4 nitrogen and oxygen atoms in total. The highest BCUT2D eigenvalue weighted by atomic mass is 16.7. The van der Waals surface area contributed by atoms with Crippen LogP contribution in [0.3, 0.4) is 0 Å². The Morgan fingerprint density at radius 3 is 2.48 bits per heavy atom. The van der Waals surface area contributed by atoms with Gasteiger partial charge in [0.1, 0.15) is 5.78 Å². The van der Waals surface area contributed by atoms with Gasteiger partial charge in [-0.05, 0) is 75.6 Å². The van der Waals surface area contributed by atoms with Gasteiger partial charge in [0.25, 0.3) is 0 Å². The lowest BCUT2D eigenvalue weighted by Gasteiger charge is -2.34. The van der Waals surface area contributed by atoms with Gasteiger partial charge in [-0.15, -0.1) is 0 Å². The van der Waals surface area contributed by atoms with Crippen molar-refractivity contribution in [1.29, 1.82) is 0 Å². The summed E-state index contributed by atoms with van der Waals surface area (Å²) in [4.78, 5) is 14.7. The molecule has 160 valence electrons. The summed E-state index contributed by atoms with van der Waals surface area (Å²) in [6, 6.07) is 6.32. The molecule has 29 heavy (non-hydrogen) atoms. The number of fused-ring (bicyclic) bond motifs is 1. The van der Waals surface area contributed by atoms with Crippen LogP contribution >= 0.6 is 0 Å². The number of ether oxygens (including phenoxy) is 2. The molecule has 3 aliphatic rings. The minimum atomic E-state index is 0.201. The monoisotopic (exact) mass is 399 g/mol. The lowest BCUT2D eigenvalue weighted by Crippen LogP contribution is -2.34. The molecule has 0 unspecified atom stereocenters. The summed E-state index contributed by atoms with van der Waals surface area (Å²) in [5, 5.41) is 0. The fourth-order valence-electron chi connectivity index (χ4n) is 5.35. The highest BCUT2D eigenvalue weighted by molar-refractivity contribution is 5.80. The van der Waals surface area contributed by atoms with Crippen molar-refractivity contribution in [3.8, 4) is 11.5 Å². The Bertz CT molecular complexity index is 685. The minimum absolute atomic E-state index is 0.201. The van der Waals surface area contributed by atoms with E-state index in [4.69, 9.17) is 9.47 Å². The maximum atomic E-state index is 12.0. The number of likely N-dealkylation sites (tertiary alicyclic amines) is 1. The Kier molecular flexibility index (Phi) is 6.79. The van der Waals surface area contributed by atoms with E-state index in [9.17, 15) is 4.79 Å². The molecule has 4 rings (SSSR count). The molecular weight excluding hydrogens is 362 g/mol. The van der Waals surface area contributed by atoms with Gasteiger partial charge >= 0.3 is 0 Å². The van der Waals surface area contributed by atoms with E-state index in [0.717, 1.165) is 23.8 Å². The Morgan fingerprint density at radius 2 is 1.76 bits per heavy atom. The second-order valence-electron chi connectivity index (χ2n) is 9.70. The molecular formula is C25H37NO3. The number of Topliss-reactive ketones (excluding diaryl/α,β-unsaturated/α-hetero) is 1. The van der Waals surface area contributed by atoms with Crippen molar-refractivity contribution >= 4 is 5.78 Å². The number of para-hydroxylation sites is 1. The molecule has 0 aromatic heterocycles. The zero-order chi connectivity index (χ0) is 20.2. The SMILES string of the molecule is CC(C)C(=O)CC1CCC(CCN2CCC(c3cccc4c3OCO4)CC2)CC1. The van der Waals surface area contributed by atoms with Gasteiger partial charge in [-0.25, -0.2) is 0 Å². The van der Waals surface area contributed by atoms with Crippen LogP contribution in [0.4, 0.5) is 0 Å². The summed E-state index contributed by atoms with van der Waals surface area (Å²) in [6.45, 7) is 8.03. The molecule has 0 radical (unpaired) electrons. The number of hydrogen-bond donors (Lipinski definition) is 0. The number of benzene rings is 1. The standard InChI is InChI=1S/C25H37NO3/c1-18(2)23(27)16-20-8-6-19(7-9-20)10-13-26-14-11-21(12-15-26)22-4-3-5-24-25(22)29-17-28-24/h3-5,18-21H,6-17H2,1-2H3. The molecule has 2 fully saturated rings. The van der Waals surface area contributed by atoms with E-state index in [1.807, 2.05) is 19.9 Å². The van der Waals surface area contributed by atoms with Gasteiger partial charge in [0.15, 0.2) is 11.5 Å². The molecule has 4 heteroatoms. The topological polar surface area (TPSA) is 38.8 Å². The molecule has 1 aromatic carbocycles. The number of hydrogen-bond acceptors (Lipinski definition) is 4. The summed E-state index contributed by atoms with van der Waals surface area (Å²) >= 11 is 0. The van der Waals surface area contributed by atoms with Crippen molar-refractivity contribution in [3.05, 3.63) is 23.8 Å². The van der Waals surface area contributed by atoms with E-state index < -0.39 is 0 Å². The maximum Gasteiger partial charge on any atom is 0.231 e. The number of ketones is 1. The van der Waals surface area contributed by atoms with Crippen LogP contribution in [-0.4, -0.2) is 37.1 Å². The van der Waals surface area contributed by atoms with Gasteiger partial charge < -0.3 is 14.4 Å². The quantitative estimate of drug-likeness (QED) is 0.615. The number of rotatable bonds is 7. The van der Waals surface area contributed by atoms with Crippen molar-refractivity contribution in [2.24, 2.45) is 17.8 Å². The van der Waals surface area contributed by atoms with Gasteiger partial charge in [-0.2, -0.15) is 0 Å². The minimum Gasteiger partial charge on any atom is -0.454 e. The highest BCUT2D eigenvalue weighted by Crippen LogP contribution is 2.42. The first-order chi connectivity index (χ1) is 14.1. The fourth-order valence-corrected chi connectivity index (χ4v) is 5.35. The first kappa shape index (κ1) is 20.7. The van der Waals surface area contributed by atoms with E-state index in [0.29, 0.717) is 24.4 Å². The molecule has 2 aliphatic heterocycles. The van der Waals surface area contributed by atoms with Gasteiger partial charge in [-0.1, -0.05) is 38.8 Å². The molecule has 1 aromatic rings. The Labute approximate surface area is 175 Å². The zero-order valence-corrected chi connectivity index (χ0v) is 18.2. The van der Waals surface area contributed by atoms with Gasteiger partial charge in [0.05, 0.1) is 0 Å². The number of carbonyl (C=O) groups excluding carboxylic acids is 1. The van der Waals surface area contributed by atoms with Crippen molar-refractivity contribution in [2.45, 2.75) is 71.1 Å². The van der Waals surface area contributed by atoms with Crippen LogP contribution < -0.4 is 9.47 Å². The van der Waals surface area contributed by atoms with Gasteiger partial charge in [0, 0.05) is 17.9 Å². The van der Waals surface area contributed by atoms with Crippen LogP contribution in [0.15, 0.2) is 18.2 Å². The van der Waals surface area contributed by atoms with Crippen molar-refractivity contribution in [3.63, 3.8) is 0 Å². The fraction of sp³-hybridized carbons (Fsp3) is 0.720. The van der Waals surface area contributed by atoms with Crippen molar-refractivity contribution < 1.29 is 14.3 Å². The second kappa shape index (κ2) is 9.51. The summed E-state index contributed by atoms with van der Waals surface area (Å²) in [6.07, 6.45) is 9.72. The third-order valence-corrected chi connectivity index (χ3v) is 7.41. The van der Waals surface area contributed by atoms with Crippen LogP contribution in [0.2, 0.25) is 0 Å². The van der Waals surface area contributed by atoms with Crippen LogP contribution in [0.5, 0.6) is 11.5 Å². The summed E-state index contributed by atoms with van der Waals surface area (Å²) in [7, 11) is 0. The van der Waals surface area contributed by atoms with Crippen molar-refractivity contribution in [1.82, 2.24) is 4.90 Å². The van der Waals surface area contributed by atoms with Crippen LogP contribution in [0.25, 0.3) is 0 Å². The Hall–Kier alpha value is -1.55. The van der Waals surface area contributed by atoms with E-state index in [1.165, 1.54) is 70.1 Å². The molecule has 0 atom stereocenters. The number of nitrogens with zero attached hydrogens (tertiary/aromatic N) is 1. The first-order valence-electron chi connectivity index (χ1n) is 11.7. The summed E-state index contributed by atoms with van der Waals surface area (Å²) in [5.74, 6) is 4.66. The largest absolute Gasteiger partial charge is 0.454 e. The molecule has 0 amide bonds. The summed E-state index contributed by atoms with van der Waals surface area (Å²) < 4.78 is 11.3. The van der Waals surface area contributed by atoms with Crippen LogP contribution in [0, 0.1) is 17.8 Å². The van der Waals surface area contributed by atoms with Gasteiger partial charge in [-0.3, -0.25) is 4.79 Å². The lowest BCUT2D eigenvalue weighted by molar-refractivity contribution is -0.123. The van der Waals surface area contributed by atoms with Gasteiger partial charge in [0.2, 0.25) is 6.79 Å².